The molecular weight excluding hydrogens is 590 g/mol. The van der Waals surface area contributed by atoms with E-state index in [0.29, 0.717) is 6.42 Å². The summed E-state index contributed by atoms with van der Waals surface area (Å²) < 4.78 is 0. The molecule has 0 heterocycles. The van der Waals surface area contributed by atoms with E-state index in [2.05, 4.69) is 43.5 Å². The van der Waals surface area contributed by atoms with Crippen LogP contribution in [0.3, 0.4) is 0 Å². The molecule has 0 spiro atoms. The number of hydrogen-bond acceptors (Lipinski definition) is 3. The van der Waals surface area contributed by atoms with E-state index in [1.807, 2.05) is 6.08 Å². The second-order valence-corrected chi connectivity index (χ2v) is 14.4. The number of hydrogen-bond donors (Lipinski definition) is 3. The number of aliphatic hydroxyl groups excluding tert-OH is 2. The number of unbranched alkanes of at least 4 members (excludes halogenated alkanes) is 27. The van der Waals surface area contributed by atoms with Crippen molar-refractivity contribution in [3.63, 3.8) is 0 Å². The van der Waals surface area contributed by atoms with E-state index in [9.17, 15) is 15.0 Å². The molecule has 282 valence electrons. The summed E-state index contributed by atoms with van der Waals surface area (Å²) in [7, 11) is 0. The van der Waals surface area contributed by atoms with Crippen molar-refractivity contribution in [2.75, 3.05) is 6.61 Å². The third kappa shape index (κ3) is 35.9. The van der Waals surface area contributed by atoms with E-state index < -0.39 is 12.1 Å². The Labute approximate surface area is 300 Å². The maximum absolute atomic E-state index is 12.3. The standard InChI is InChI=1S/C44H83NO3/c1-3-5-7-9-11-13-15-16-17-18-19-20-21-22-23-24-25-26-27-28-29-30-31-33-35-37-39-43(47)42(41-46)45-44(48)40-38-36-34-32-14-12-10-8-6-4-2/h8,10,30-31,37,39,42-43,46-47H,3-7,9,11-29,32-36,38,40-41H2,1-2H3,(H,45,48)/b10-8-,31-30+,39-37+. The Morgan fingerprint density at radius 1 is 0.479 bits per heavy atom. The summed E-state index contributed by atoms with van der Waals surface area (Å²) in [5.74, 6) is -0.0862. The lowest BCUT2D eigenvalue weighted by Crippen LogP contribution is -2.45. The lowest BCUT2D eigenvalue weighted by atomic mass is 10.0. The second-order valence-electron chi connectivity index (χ2n) is 14.4. The molecule has 2 unspecified atom stereocenters. The fraction of sp³-hybridized carbons (Fsp3) is 0.841. The number of rotatable bonds is 38. The molecule has 48 heavy (non-hydrogen) atoms. The van der Waals surface area contributed by atoms with Crippen LogP contribution >= 0.6 is 0 Å². The topological polar surface area (TPSA) is 69.6 Å². The molecule has 1 amide bonds. The molecule has 0 fully saturated rings. The molecule has 0 bridgehead atoms. The fourth-order valence-corrected chi connectivity index (χ4v) is 6.31. The summed E-state index contributed by atoms with van der Waals surface area (Å²) in [6.45, 7) is 4.23. The van der Waals surface area contributed by atoms with Crippen molar-refractivity contribution in [1.29, 1.82) is 0 Å². The van der Waals surface area contributed by atoms with Gasteiger partial charge in [0.05, 0.1) is 18.8 Å². The minimum absolute atomic E-state index is 0.0862. The van der Waals surface area contributed by atoms with Crippen LogP contribution in [-0.4, -0.2) is 34.9 Å². The second kappa shape index (κ2) is 40.0. The first-order chi connectivity index (χ1) is 23.7. The van der Waals surface area contributed by atoms with Crippen LogP contribution in [0.2, 0.25) is 0 Å². The van der Waals surface area contributed by atoms with Crippen LogP contribution in [0.1, 0.15) is 219 Å². The molecule has 0 saturated heterocycles. The van der Waals surface area contributed by atoms with E-state index in [0.717, 1.165) is 44.9 Å². The number of carbonyl (C=O) groups excluding carboxylic acids is 1. The van der Waals surface area contributed by atoms with Crippen molar-refractivity contribution in [2.24, 2.45) is 0 Å². The summed E-state index contributed by atoms with van der Waals surface area (Å²) in [4.78, 5) is 12.3. The summed E-state index contributed by atoms with van der Waals surface area (Å²) in [6.07, 6.45) is 52.7. The predicted molar refractivity (Wildman–Crippen MR) is 212 cm³/mol. The van der Waals surface area contributed by atoms with Gasteiger partial charge in [0, 0.05) is 6.42 Å². The van der Waals surface area contributed by atoms with E-state index in [4.69, 9.17) is 0 Å². The lowest BCUT2D eigenvalue weighted by molar-refractivity contribution is -0.123. The summed E-state index contributed by atoms with van der Waals surface area (Å²) >= 11 is 0. The van der Waals surface area contributed by atoms with Gasteiger partial charge in [-0.25, -0.2) is 0 Å². The third-order valence-corrected chi connectivity index (χ3v) is 9.58. The van der Waals surface area contributed by atoms with Crippen LogP contribution < -0.4 is 5.32 Å². The Balaban J connectivity index is 3.54. The number of carbonyl (C=O) groups is 1. The minimum atomic E-state index is -0.863. The van der Waals surface area contributed by atoms with Crippen molar-refractivity contribution < 1.29 is 15.0 Å². The molecular formula is C44H83NO3. The maximum atomic E-state index is 12.3. The minimum Gasteiger partial charge on any atom is -0.394 e. The summed E-state index contributed by atoms with van der Waals surface area (Å²) in [6, 6.07) is -0.640. The van der Waals surface area contributed by atoms with Crippen LogP contribution in [0.15, 0.2) is 36.5 Å². The van der Waals surface area contributed by atoms with E-state index in [1.54, 1.807) is 6.08 Å². The predicted octanol–water partition coefficient (Wildman–Crippen LogP) is 13.0. The molecule has 0 aliphatic carbocycles. The summed E-state index contributed by atoms with van der Waals surface area (Å²) in [5, 5.41) is 22.9. The van der Waals surface area contributed by atoms with Crippen molar-refractivity contribution in [3.8, 4) is 0 Å². The number of nitrogens with one attached hydrogen (secondary N) is 1. The van der Waals surface area contributed by atoms with Gasteiger partial charge in [0.1, 0.15) is 0 Å². The Kier molecular flexibility index (Phi) is 38.9. The van der Waals surface area contributed by atoms with Gasteiger partial charge in [-0.2, -0.15) is 0 Å². The molecule has 4 heteroatoms. The first-order valence-corrected chi connectivity index (χ1v) is 21.2. The zero-order chi connectivity index (χ0) is 35.0. The highest BCUT2D eigenvalue weighted by atomic mass is 16.3. The lowest BCUT2D eigenvalue weighted by Gasteiger charge is -2.19. The highest BCUT2D eigenvalue weighted by Crippen LogP contribution is 2.15. The smallest absolute Gasteiger partial charge is 0.220 e. The SMILES string of the molecule is CCC/C=C\CCCCCCCC(=O)NC(CO)C(O)/C=C/CC/C=C/CCCCCCCCCCCCCCCCCCCCCC. The number of allylic oxidation sites excluding steroid dienone is 5. The van der Waals surface area contributed by atoms with Gasteiger partial charge in [-0.05, 0) is 51.4 Å². The van der Waals surface area contributed by atoms with Crippen molar-refractivity contribution in [2.45, 2.75) is 231 Å². The molecule has 0 aromatic carbocycles. The Morgan fingerprint density at radius 2 is 0.854 bits per heavy atom. The molecule has 4 nitrogen and oxygen atoms in total. The molecule has 0 aromatic rings. The first kappa shape index (κ1) is 46.6. The monoisotopic (exact) mass is 674 g/mol. The van der Waals surface area contributed by atoms with Crippen LogP contribution in [-0.2, 0) is 4.79 Å². The van der Waals surface area contributed by atoms with Gasteiger partial charge in [0.2, 0.25) is 5.91 Å². The number of aliphatic hydroxyl groups is 2. The zero-order valence-electron chi connectivity index (χ0n) is 32.3. The van der Waals surface area contributed by atoms with Crippen LogP contribution in [0.25, 0.3) is 0 Å². The highest BCUT2D eigenvalue weighted by Gasteiger charge is 2.17. The quantitative estimate of drug-likeness (QED) is 0.0451. The van der Waals surface area contributed by atoms with Gasteiger partial charge in [-0.3, -0.25) is 4.79 Å². The van der Waals surface area contributed by atoms with Crippen molar-refractivity contribution in [1.82, 2.24) is 5.32 Å². The van der Waals surface area contributed by atoms with Crippen LogP contribution in [0, 0.1) is 0 Å². The molecule has 2 atom stereocenters. The molecule has 0 rings (SSSR count). The average molecular weight is 674 g/mol. The highest BCUT2D eigenvalue weighted by molar-refractivity contribution is 5.76. The van der Waals surface area contributed by atoms with Crippen LogP contribution in [0.4, 0.5) is 0 Å². The Bertz CT molecular complexity index is 731. The normalized spacial score (nSPS) is 13.3. The molecule has 0 aliphatic heterocycles. The Hall–Kier alpha value is -1.39. The average Bonchev–Trinajstić information content (AvgIpc) is 3.09. The van der Waals surface area contributed by atoms with Gasteiger partial charge in [-0.1, -0.05) is 198 Å². The molecule has 0 radical (unpaired) electrons. The van der Waals surface area contributed by atoms with Gasteiger partial charge >= 0.3 is 0 Å². The van der Waals surface area contributed by atoms with Gasteiger partial charge in [0.25, 0.3) is 0 Å². The van der Waals surface area contributed by atoms with Gasteiger partial charge in [0.15, 0.2) is 0 Å². The molecule has 0 aromatic heterocycles. The van der Waals surface area contributed by atoms with Crippen LogP contribution in [0.5, 0.6) is 0 Å². The summed E-state index contributed by atoms with van der Waals surface area (Å²) in [5.41, 5.74) is 0. The largest absolute Gasteiger partial charge is 0.394 e. The van der Waals surface area contributed by atoms with Gasteiger partial charge in [-0.15, -0.1) is 0 Å². The first-order valence-electron chi connectivity index (χ1n) is 21.2. The van der Waals surface area contributed by atoms with E-state index in [1.165, 1.54) is 154 Å². The van der Waals surface area contributed by atoms with Gasteiger partial charge < -0.3 is 15.5 Å². The molecule has 0 saturated carbocycles. The van der Waals surface area contributed by atoms with E-state index in [-0.39, 0.29) is 12.5 Å². The van der Waals surface area contributed by atoms with Crippen molar-refractivity contribution >= 4 is 5.91 Å². The zero-order valence-corrected chi connectivity index (χ0v) is 32.3. The maximum Gasteiger partial charge on any atom is 0.220 e. The van der Waals surface area contributed by atoms with Crippen molar-refractivity contribution in [3.05, 3.63) is 36.5 Å². The molecule has 0 aliphatic rings. The Morgan fingerprint density at radius 3 is 1.29 bits per heavy atom. The molecule has 3 N–H and O–H groups in total. The number of amides is 1. The van der Waals surface area contributed by atoms with E-state index >= 15 is 0 Å². The fourth-order valence-electron chi connectivity index (χ4n) is 6.31. The third-order valence-electron chi connectivity index (χ3n) is 9.58.